The van der Waals surface area contributed by atoms with E-state index < -0.39 is 23.8 Å². The summed E-state index contributed by atoms with van der Waals surface area (Å²) in [5, 5.41) is 8.82. The van der Waals surface area contributed by atoms with E-state index in [4.69, 9.17) is 0 Å². The molecule has 3 N–H and O–H groups in total. The Morgan fingerprint density at radius 1 is 0.797 bits per heavy atom. The van der Waals surface area contributed by atoms with Crippen molar-refractivity contribution in [3.63, 3.8) is 0 Å². The molecule has 5 amide bonds. The molecule has 5 aromatic rings. The summed E-state index contributed by atoms with van der Waals surface area (Å²) in [6, 6.07) is 19.3. The van der Waals surface area contributed by atoms with Crippen molar-refractivity contribution in [2.75, 3.05) is 54.4 Å². The molecule has 2 aliphatic carbocycles. The summed E-state index contributed by atoms with van der Waals surface area (Å²) in [7, 11) is 0. The fourth-order valence-corrected chi connectivity index (χ4v) is 10.8. The fraction of sp³-hybridized carbons (Fsp3) is 0.426. The van der Waals surface area contributed by atoms with Gasteiger partial charge in [0.1, 0.15) is 18.1 Å². The Morgan fingerprint density at radius 3 is 2.28 bits per heavy atom. The van der Waals surface area contributed by atoms with Gasteiger partial charge in [-0.25, -0.2) is 19.9 Å². The van der Waals surface area contributed by atoms with Gasteiger partial charge in [0.05, 0.1) is 17.5 Å². The molecule has 4 aliphatic heterocycles. The molecule has 7 heterocycles. The van der Waals surface area contributed by atoms with Crippen LogP contribution in [0.4, 0.5) is 22.9 Å². The van der Waals surface area contributed by atoms with Crippen molar-refractivity contribution in [2.24, 2.45) is 5.41 Å². The molecular weight excluding hydrogens is 813 g/mol. The summed E-state index contributed by atoms with van der Waals surface area (Å²) >= 11 is 0. The van der Waals surface area contributed by atoms with E-state index in [0.717, 1.165) is 92.6 Å². The highest BCUT2D eigenvalue weighted by Crippen LogP contribution is 2.51. The molecule has 2 aromatic carbocycles. The van der Waals surface area contributed by atoms with Crippen molar-refractivity contribution in [3.05, 3.63) is 95.8 Å². The largest absolute Gasteiger partial charge is 0.371 e. The highest BCUT2D eigenvalue weighted by molar-refractivity contribution is 6.23. The SMILES string of the molecule is Cc1cccc(C(=O)NC2CC(n3cnc4c(Nc5ccc(N6CCN(C7CC8(CCN(c9ccc%10c(c9)C(=O)N([C@H]9CCC(=O)NC9=O)C%10=O)CC8)C7)CC6)cc5)ncnc43)C2)n1. The lowest BCUT2D eigenvalue weighted by Gasteiger charge is -2.56. The molecule has 5 fully saturated rings. The number of hydrogen-bond donors (Lipinski definition) is 3. The van der Waals surface area contributed by atoms with Crippen LogP contribution in [0, 0.1) is 12.3 Å². The molecule has 64 heavy (non-hydrogen) atoms. The Morgan fingerprint density at radius 2 is 1.53 bits per heavy atom. The third kappa shape index (κ3) is 7.20. The molecule has 328 valence electrons. The molecule has 0 bridgehead atoms. The number of pyridine rings is 1. The zero-order valence-electron chi connectivity index (χ0n) is 35.7. The normalized spacial score (nSPS) is 23.5. The number of nitrogens with zero attached hydrogens (tertiary/aromatic N) is 9. The second kappa shape index (κ2) is 15.8. The first kappa shape index (κ1) is 40.1. The Hall–Kier alpha value is -6.75. The average Bonchev–Trinajstić information content (AvgIpc) is 3.82. The third-order valence-corrected chi connectivity index (χ3v) is 14.6. The molecule has 17 nitrogen and oxygen atoms in total. The van der Waals surface area contributed by atoms with Crippen LogP contribution in [0.25, 0.3) is 11.2 Å². The van der Waals surface area contributed by atoms with Crippen molar-refractivity contribution >= 4 is 63.6 Å². The van der Waals surface area contributed by atoms with Crippen LogP contribution in [0.5, 0.6) is 0 Å². The molecule has 3 saturated heterocycles. The van der Waals surface area contributed by atoms with Gasteiger partial charge in [0.2, 0.25) is 11.8 Å². The maximum Gasteiger partial charge on any atom is 0.270 e. The summed E-state index contributed by atoms with van der Waals surface area (Å²) < 4.78 is 2.08. The number of anilines is 4. The van der Waals surface area contributed by atoms with Crippen LogP contribution in [0.2, 0.25) is 0 Å². The lowest BCUT2D eigenvalue weighted by molar-refractivity contribution is -0.136. The van der Waals surface area contributed by atoms with Gasteiger partial charge in [0.25, 0.3) is 17.7 Å². The number of imide groups is 2. The number of carbonyl (C=O) groups is 5. The number of piperazine rings is 1. The van der Waals surface area contributed by atoms with Crippen molar-refractivity contribution in [1.29, 1.82) is 0 Å². The van der Waals surface area contributed by atoms with E-state index in [9.17, 15) is 24.0 Å². The third-order valence-electron chi connectivity index (χ3n) is 14.6. The Balaban J connectivity index is 0.638. The first-order chi connectivity index (χ1) is 31.1. The van der Waals surface area contributed by atoms with Crippen LogP contribution >= 0.6 is 0 Å². The number of fused-ring (bicyclic) bond motifs is 2. The minimum Gasteiger partial charge on any atom is -0.371 e. The van der Waals surface area contributed by atoms with Crippen molar-refractivity contribution in [3.8, 4) is 0 Å². The predicted octanol–water partition coefficient (Wildman–Crippen LogP) is 4.38. The first-order valence-electron chi connectivity index (χ1n) is 22.5. The lowest BCUT2D eigenvalue weighted by atomic mass is 9.60. The number of nitrogens with one attached hydrogen (secondary N) is 3. The highest BCUT2D eigenvalue weighted by atomic mass is 16.2. The molecule has 1 spiro atoms. The van der Waals surface area contributed by atoms with E-state index in [-0.39, 0.29) is 36.7 Å². The molecule has 6 aliphatic rings. The van der Waals surface area contributed by atoms with Gasteiger partial charge in [0.15, 0.2) is 17.0 Å². The van der Waals surface area contributed by atoms with Gasteiger partial charge in [-0.3, -0.25) is 39.1 Å². The van der Waals surface area contributed by atoms with Crippen molar-refractivity contribution in [2.45, 2.75) is 82.5 Å². The maximum atomic E-state index is 13.4. The van der Waals surface area contributed by atoms with Crippen LogP contribution < -0.4 is 25.8 Å². The predicted molar refractivity (Wildman–Crippen MR) is 237 cm³/mol. The Bertz CT molecular complexity index is 2690. The summed E-state index contributed by atoms with van der Waals surface area (Å²) in [4.78, 5) is 90.0. The smallest absolute Gasteiger partial charge is 0.270 e. The van der Waals surface area contributed by atoms with Gasteiger partial charge < -0.3 is 25.0 Å². The molecule has 0 unspecified atom stereocenters. The second-order valence-corrected chi connectivity index (χ2v) is 18.4. The van der Waals surface area contributed by atoms with E-state index in [1.165, 1.54) is 18.5 Å². The topological polar surface area (TPSA) is 191 Å². The quantitative estimate of drug-likeness (QED) is 0.177. The van der Waals surface area contributed by atoms with E-state index in [1.54, 1.807) is 24.5 Å². The number of amides is 5. The van der Waals surface area contributed by atoms with Crippen molar-refractivity contribution in [1.82, 2.24) is 44.9 Å². The molecular formula is C47H50N12O5. The number of benzene rings is 2. The lowest BCUT2D eigenvalue weighted by Crippen LogP contribution is -2.59. The monoisotopic (exact) mass is 862 g/mol. The van der Waals surface area contributed by atoms with Crippen LogP contribution in [-0.2, 0) is 9.59 Å². The highest BCUT2D eigenvalue weighted by Gasteiger charge is 2.49. The van der Waals surface area contributed by atoms with Gasteiger partial charge in [-0.2, -0.15) is 0 Å². The van der Waals surface area contributed by atoms with Gasteiger partial charge in [-0.1, -0.05) is 6.07 Å². The van der Waals surface area contributed by atoms with Gasteiger partial charge in [-0.05, 0) is 112 Å². The molecule has 0 radical (unpaired) electrons. The molecule has 3 aromatic heterocycles. The van der Waals surface area contributed by atoms with E-state index >= 15 is 0 Å². The Kier molecular flexibility index (Phi) is 9.89. The zero-order chi connectivity index (χ0) is 43.7. The zero-order valence-corrected chi connectivity index (χ0v) is 35.7. The summed E-state index contributed by atoms with van der Waals surface area (Å²) in [6.45, 7) is 7.68. The van der Waals surface area contributed by atoms with Gasteiger partial charge in [-0.15, -0.1) is 0 Å². The number of imidazole rings is 1. The van der Waals surface area contributed by atoms with Crippen molar-refractivity contribution < 1.29 is 24.0 Å². The minimum atomic E-state index is -0.963. The number of rotatable bonds is 9. The standard InChI is InChI=1S/C47H50N12O5/c1-28-3-2-4-37(51-28)43(61)53-30-21-33(22-30)58-27-50-40-41(48-26-49-42(40)58)52-29-5-7-31(8-6-29)56-17-19-57(20-18-56)34-24-47(25-34)13-15-55(16-14-47)32-9-10-35-36(23-32)46(64)59(45(35)63)38-11-12-39(60)54-44(38)62/h2-10,23,26-27,30,33-34,38H,11-22,24-25H2,1H3,(H,53,61)(H,48,49,52)(H,54,60,62)/t30?,33?,38-/m0/s1. The number of hydrogen-bond acceptors (Lipinski definition) is 13. The van der Waals surface area contributed by atoms with E-state index in [2.05, 4.69) is 79.4 Å². The summed E-state index contributed by atoms with van der Waals surface area (Å²) in [5.41, 5.74) is 6.77. The Labute approximate surface area is 369 Å². The molecule has 1 atom stereocenters. The van der Waals surface area contributed by atoms with E-state index in [0.29, 0.717) is 39.6 Å². The number of aromatic nitrogens is 5. The van der Waals surface area contributed by atoms with Crippen LogP contribution in [0.1, 0.15) is 94.3 Å². The van der Waals surface area contributed by atoms with Crippen LogP contribution in [0.3, 0.4) is 0 Å². The van der Waals surface area contributed by atoms with Crippen LogP contribution in [-0.4, -0.2) is 121 Å². The van der Waals surface area contributed by atoms with Gasteiger partial charge >= 0.3 is 0 Å². The van der Waals surface area contributed by atoms with E-state index in [1.807, 2.05) is 31.5 Å². The molecule has 2 saturated carbocycles. The molecule has 17 heteroatoms. The summed E-state index contributed by atoms with van der Waals surface area (Å²) in [6.07, 6.45) is 9.81. The molecule has 11 rings (SSSR count). The fourth-order valence-electron chi connectivity index (χ4n) is 10.8. The minimum absolute atomic E-state index is 0.0693. The first-order valence-corrected chi connectivity index (χ1v) is 22.5. The number of carbonyl (C=O) groups excluding carboxylic acids is 5. The van der Waals surface area contributed by atoms with Crippen LogP contribution in [0.15, 0.2) is 73.3 Å². The van der Waals surface area contributed by atoms with Gasteiger partial charge in [0, 0.05) is 86.6 Å². The summed E-state index contributed by atoms with van der Waals surface area (Å²) in [5.74, 6) is -1.41. The number of piperidine rings is 2. The number of aryl methyl sites for hydroxylation is 1. The average molecular weight is 863 g/mol. The second-order valence-electron chi connectivity index (χ2n) is 18.4. The maximum absolute atomic E-state index is 13.4.